The fourth-order valence-electron chi connectivity index (χ4n) is 1.91. The molecule has 1 aliphatic carbocycles. The molecular formula is C8H12ClNO. The second kappa shape index (κ2) is 2.39. The topological polar surface area (TPSA) is 21.3 Å². The first-order valence-electron chi connectivity index (χ1n) is 3.89. The van der Waals surface area contributed by atoms with Gasteiger partial charge >= 0.3 is 0 Å². The smallest absolute Gasteiger partial charge is 0.0984 e. The van der Waals surface area contributed by atoms with Crippen molar-refractivity contribution in [1.82, 2.24) is 5.32 Å². The van der Waals surface area contributed by atoms with E-state index in [4.69, 9.17) is 16.3 Å². The molecule has 0 amide bonds. The van der Waals surface area contributed by atoms with E-state index in [1.165, 1.54) is 0 Å². The molecule has 62 valence electrons. The van der Waals surface area contributed by atoms with Crippen molar-refractivity contribution >= 4 is 11.6 Å². The van der Waals surface area contributed by atoms with Gasteiger partial charge in [0.1, 0.15) is 0 Å². The van der Waals surface area contributed by atoms with Gasteiger partial charge < -0.3 is 10.1 Å². The van der Waals surface area contributed by atoms with Crippen molar-refractivity contribution in [2.24, 2.45) is 5.41 Å². The first kappa shape index (κ1) is 7.44. The largest absolute Gasteiger partial charge is 0.381 e. The Labute approximate surface area is 71.6 Å². The van der Waals surface area contributed by atoms with Crippen LogP contribution in [-0.4, -0.2) is 19.8 Å². The average Bonchev–Trinajstić information content (AvgIpc) is 2.28. The lowest BCUT2D eigenvalue weighted by Gasteiger charge is -2.42. The summed E-state index contributed by atoms with van der Waals surface area (Å²) < 4.78 is 5.21. The predicted molar refractivity (Wildman–Crippen MR) is 44.4 cm³/mol. The van der Waals surface area contributed by atoms with Crippen molar-refractivity contribution in [2.45, 2.75) is 18.9 Å². The highest BCUT2D eigenvalue weighted by atomic mass is 35.5. The van der Waals surface area contributed by atoms with E-state index in [1.54, 1.807) is 7.11 Å². The van der Waals surface area contributed by atoms with E-state index in [0.29, 0.717) is 11.5 Å². The van der Waals surface area contributed by atoms with Crippen LogP contribution in [0.2, 0.25) is 0 Å². The third-order valence-corrected chi connectivity index (χ3v) is 2.89. The summed E-state index contributed by atoms with van der Waals surface area (Å²) in [5, 5.41) is 3.93. The molecule has 0 radical (unpaired) electrons. The van der Waals surface area contributed by atoms with Gasteiger partial charge in [0.25, 0.3) is 0 Å². The SMILES string of the molecule is COC1CC2(C=C(Cl)NC2)C1. The molecule has 11 heavy (non-hydrogen) atoms. The highest BCUT2D eigenvalue weighted by Gasteiger charge is 2.45. The van der Waals surface area contributed by atoms with Crippen molar-refractivity contribution in [3.05, 3.63) is 11.2 Å². The minimum absolute atomic E-state index is 0.331. The minimum atomic E-state index is 0.331. The molecule has 1 aliphatic heterocycles. The van der Waals surface area contributed by atoms with Gasteiger partial charge in [-0.25, -0.2) is 0 Å². The summed E-state index contributed by atoms with van der Waals surface area (Å²) >= 11 is 5.81. The molecule has 0 saturated heterocycles. The number of ether oxygens (including phenoxy) is 1. The van der Waals surface area contributed by atoms with E-state index in [9.17, 15) is 0 Å². The summed E-state index contributed by atoms with van der Waals surface area (Å²) in [5.74, 6) is 0. The van der Waals surface area contributed by atoms with Crippen LogP contribution in [0.1, 0.15) is 12.8 Å². The first-order valence-corrected chi connectivity index (χ1v) is 4.27. The minimum Gasteiger partial charge on any atom is -0.381 e. The number of rotatable bonds is 1. The van der Waals surface area contributed by atoms with Crippen molar-refractivity contribution < 1.29 is 4.74 Å². The molecule has 0 aromatic rings. The Morgan fingerprint density at radius 2 is 2.45 bits per heavy atom. The van der Waals surface area contributed by atoms with Gasteiger partial charge in [0.05, 0.1) is 11.3 Å². The van der Waals surface area contributed by atoms with Crippen LogP contribution in [-0.2, 0) is 4.74 Å². The normalized spacial score (nSPS) is 41.6. The van der Waals surface area contributed by atoms with E-state index in [-0.39, 0.29) is 0 Å². The van der Waals surface area contributed by atoms with E-state index in [2.05, 4.69) is 11.4 Å². The molecule has 2 nitrogen and oxygen atoms in total. The second-order valence-electron chi connectivity index (χ2n) is 3.47. The summed E-state index contributed by atoms with van der Waals surface area (Å²) in [6.07, 6.45) is 4.82. The molecule has 2 rings (SSSR count). The molecule has 1 N–H and O–H groups in total. The maximum atomic E-state index is 5.81. The van der Waals surface area contributed by atoms with Gasteiger partial charge in [0, 0.05) is 19.1 Å². The van der Waals surface area contributed by atoms with Gasteiger partial charge in [-0.3, -0.25) is 0 Å². The average molecular weight is 174 g/mol. The third-order valence-electron chi connectivity index (χ3n) is 2.64. The molecule has 0 aromatic heterocycles. The molecule has 0 unspecified atom stereocenters. The van der Waals surface area contributed by atoms with Crippen LogP contribution in [0, 0.1) is 5.41 Å². The van der Waals surface area contributed by atoms with Crippen LogP contribution in [0.4, 0.5) is 0 Å². The Balaban J connectivity index is 1.97. The molecule has 0 aromatic carbocycles. The molecule has 3 heteroatoms. The van der Waals surface area contributed by atoms with Gasteiger partial charge in [-0.05, 0) is 18.9 Å². The Morgan fingerprint density at radius 3 is 2.91 bits per heavy atom. The zero-order valence-electron chi connectivity index (χ0n) is 6.56. The summed E-state index contributed by atoms with van der Waals surface area (Å²) in [6, 6.07) is 0. The van der Waals surface area contributed by atoms with Crippen molar-refractivity contribution in [1.29, 1.82) is 0 Å². The Kier molecular flexibility index (Phi) is 1.62. The van der Waals surface area contributed by atoms with Gasteiger partial charge in [-0.15, -0.1) is 0 Å². The van der Waals surface area contributed by atoms with Crippen LogP contribution in [0.5, 0.6) is 0 Å². The number of methoxy groups -OCH3 is 1. The number of hydrogen-bond donors (Lipinski definition) is 1. The highest BCUT2D eigenvalue weighted by molar-refractivity contribution is 6.29. The van der Waals surface area contributed by atoms with Crippen LogP contribution >= 0.6 is 11.6 Å². The molecule has 1 fully saturated rings. The van der Waals surface area contributed by atoms with E-state index in [0.717, 1.165) is 24.5 Å². The maximum absolute atomic E-state index is 5.81. The monoisotopic (exact) mass is 173 g/mol. The fraction of sp³-hybridized carbons (Fsp3) is 0.750. The van der Waals surface area contributed by atoms with E-state index >= 15 is 0 Å². The third kappa shape index (κ3) is 1.14. The molecule has 1 spiro atoms. The molecule has 2 aliphatic rings. The summed E-state index contributed by atoms with van der Waals surface area (Å²) in [5.41, 5.74) is 0.331. The first-order chi connectivity index (χ1) is 5.24. The molecule has 1 saturated carbocycles. The van der Waals surface area contributed by atoms with Crippen molar-refractivity contribution in [3.63, 3.8) is 0 Å². The Morgan fingerprint density at radius 1 is 1.73 bits per heavy atom. The second-order valence-corrected chi connectivity index (χ2v) is 3.88. The fourth-order valence-corrected chi connectivity index (χ4v) is 2.21. The van der Waals surface area contributed by atoms with Gasteiger partial charge in [-0.1, -0.05) is 11.6 Å². The number of nitrogens with one attached hydrogen (secondary N) is 1. The van der Waals surface area contributed by atoms with Crippen LogP contribution in [0.15, 0.2) is 11.2 Å². The van der Waals surface area contributed by atoms with Crippen LogP contribution in [0.25, 0.3) is 0 Å². The van der Waals surface area contributed by atoms with Crippen LogP contribution < -0.4 is 5.32 Å². The standard InChI is InChI=1S/C8H12ClNO/c1-11-6-2-8(3-6)4-7(9)10-5-8/h4,6,10H,2-3,5H2,1H3. The van der Waals surface area contributed by atoms with Crippen molar-refractivity contribution in [2.75, 3.05) is 13.7 Å². The summed E-state index contributed by atoms with van der Waals surface area (Å²) in [4.78, 5) is 0. The quantitative estimate of drug-likeness (QED) is 0.607. The summed E-state index contributed by atoms with van der Waals surface area (Å²) in [6.45, 7) is 0.992. The lowest BCUT2D eigenvalue weighted by atomic mass is 9.68. The Hall–Kier alpha value is -0.210. The van der Waals surface area contributed by atoms with E-state index in [1.807, 2.05) is 0 Å². The van der Waals surface area contributed by atoms with Gasteiger partial charge in [0.15, 0.2) is 0 Å². The lowest BCUT2D eigenvalue weighted by molar-refractivity contribution is -0.0288. The maximum Gasteiger partial charge on any atom is 0.0984 e. The molecular weight excluding hydrogens is 162 g/mol. The van der Waals surface area contributed by atoms with Gasteiger partial charge in [0.2, 0.25) is 0 Å². The molecule has 0 bridgehead atoms. The highest BCUT2D eigenvalue weighted by Crippen LogP contribution is 2.46. The molecule has 1 heterocycles. The van der Waals surface area contributed by atoms with Crippen molar-refractivity contribution in [3.8, 4) is 0 Å². The number of hydrogen-bond acceptors (Lipinski definition) is 2. The van der Waals surface area contributed by atoms with Crippen LogP contribution in [0.3, 0.4) is 0 Å². The molecule has 0 atom stereocenters. The zero-order chi connectivity index (χ0) is 7.90. The predicted octanol–water partition coefficient (Wildman–Crippen LogP) is 1.47. The van der Waals surface area contributed by atoms with Gasteiger partial charge in [-0.2, -0.15) is 0 Å². The zero-order valence-corrected chi connectivity index (χ0v) is 7.32. The van der Waals surface area contributed by atoms with E-state index < -0.39 is 0 Å². The number of halogens is 1. The summed E-state index contributed by atoms with van der Waals surface area (Å²) in [7, 11) is 1.77. The lowest BCUT2D eigenvalue weighted by Crippen LogP contribution is -2.43. The Bertz CT molecular complexity index is 196.